The molecule has 0 saturated carbocycles. The van der Waals surface area contributed by atoms with E-state index in [1.54, 1.807) is 0 Å². The van der Waals surface area contributed by atoms with Gasteiger partial charge in [0.25, 0.3) is 0 Å². The molecule has 0 bridgehead atoms. The van der Waals surface area contributed by atoms with E-state index < -0.39 is 0 Å². The van der Waals surface area contributed by atoms with E-state index in [4.69, 9.17) is 5.73 Å². The second-order valence-electron chi connectivity index (χ2n) is 4.87. The molecule has 0 amide bonds. The van der Waals surface area contributed by atoms with Crippen LogP contribution in [0.15, 0.2) is 42.7 Å². The molecule has 2 N–H and O–H groups in total. The molecule has 4 nitrogen and oxygen atoms in total. The van der Waals surface area contributed by atoms with Crippen LogP contribution in [0.2, 0.25) is 0 Å². The van der Waals surface area contributed by atoms with E-state index in [1.807, 2.05) is 24.0 Å². The zero-order chi connectivity index (χ0) is 13.7. The van der Waals surface area contributed by atoms with Crippen molar-refractivity contribution < 1.29 is 0 Å². The molecule has 4 heteroatoms. The summed E-state index contributed by atoms with van der Waals surface area (Å²) in [6, 6.07) is 10.8. The maximum atomic E-state index is 5.74. The number of nitrogens with two attached hydrogens (primary N) is 1. The lowest BCUT2D eigenvalue weighted by Crippen LogP contribution is -2.31. The minimum Gasteiger partial charge on any atom is -0.329 e. The van der Waals surface area contributed by atoms with Crippen molar-refractivity contribution in [2.45, 2.75) is 19.5 Å². The van der Waals surface area contributed by atoms with Crippen LogP contribution < -0.4 is 5.73 Å². The molecule has 19 heavy (non-hydrogen) atoms. The van der Waals surface area contributed by atoms with Crippen molar-refractivity contribution >= 4 is 0 Å². The van der Waals surface area contributed by atoms with Gasteiger partial charge in [0.2, 0.25) is 0 Å². The topological polar surface area (TPSA) is 47.1 Å². The fourth-order valence-corrected chi connectivity index (χ4v) is 2.26. The number of aromatic nitrogens is 2. The monoisotopic (exact) mass is 258 g/mol. The molecule has 2 aromatic rings. The van der Waals surface area contributed by atoms with Crippen LogP contribution in [0.5, 0.6) is 0 Å². The highest BCUT2D eigenvalue weighted by atomic mass is 15.2. The Morgan fingerprint density at radius 2 is 2.05 bits per heavy atom. The first kappa shape index (κ1) is 13.8. The SMILES string of the molecule is CC(c1cnn(C)c1)N(CCN)Cc1ccccc1. The van der Waals surface area contributed by atoms with Gasteiger partial charge >= 0.3 is 0 Å². The van der Waals surface area contributed by atoms with Crippen LogP contribution in [0.1, 0.15) is 24.1 Å². The zero-order valence-electron chi connectivity index (χ0n) is 11.7. The highest BCUT2D eigenvalue weighted by molar-refractivity contribution is 5.16. The Kier molecular flexibility index (Phi) is 4.71. The predicted octanol–water partition coefficient (Wildman–Crippen LogP) is 1.94. The lowest BCUT2D eigenvalue weighted by molar-refractivity contribution is 0.207. The van der Waals surface area contributed by atoms with Gasteiger partial charge in [0, 0.05) is 44.5 Å². The smallest absolute Gasteiger partial charge is 0.0537 e. The van der Waals surface area contributed by atoms with Gasteiger partial charge in [-0.05, 0) is 12.5 Å². The maximum absolute atomic E-state index is 5.74. The summed E-state index contributed by atoms with van der Waals surface area (Å²) in [4.78, 5) is 2.38. The molecule has 0 aliphatic heterocycles. The molecule has 1 heterocycles. The van der Waals surface area contributed by atoms with Gasteiger partial charge in [-0.2, -0.15) is 5.10 Å². The van der Waals surface area contributed by atoms with E-state index >= 15 is 0 Å². The van der Waals surface area contributed by atoms with E-state index in [1.165, 1.54) is 11.1 Å². The zero-order valence-corrected chi connectivity index (χ0v) is 11.7. The second kappa shape index (κ2) is 6.50. The minimum absolute atomic E-state index is 0.317. The molecular weight excluding hydrogens is 236 g/mol. The van der Waals surface area contributed by atoms with Crippen LogP contribution >= 0.6 is 0 Å². The normalized spacial score (nSPS) is 12.8. The van der Waals surface area contributed by atoms with Gasteiger partial charge in [-0.25, -0.2) is 0 Å². The van der Waals surface area contributed by atoms with Gasteiger partial charge in [-0.15, -0.1) is 0 Å². The highest BCUT2D eigenvalue weighted by Gasteiger charge is 2.16. The van der Waals surface area contributed by atoms with Crippen molar-refractivity contribution in [1.82, 2.24) is 14.7 Å². The van der Waals surface area contributed by atoms with Gasteiger partial charge < -0.3 is 5.73 Å². The third-order valence-corrected chi connectivity index (χ3v) is 3.40. The molecule has 0 spiro atoms. The molecule has 0 aliphatic carbocycles. The summed E-state index contributed by atoms with van der Waals surface area (Å²) in [6.45, 7) is 4.66. The van der Waals surface area contributed by atoms with Gasteiger partial charge in [-0.1, -0.05) is 30.3 Å². The van der Waals surface area contributed by atoms with Crippen molar-refractivity contribution in [2.24, 2.45) is 12.8 Å². The van der Waals surface area contributed by atoms with E-state index in [9.17, 15) is 0 Å². The van der Waals surface area contributed by atoms with Crippen molar-refractivity contribution in [1.29, 1.82) is 0 Å². The number of benzene rings is 1. The van der Waals surface area contributed by atoms with E-state index in [-0.39, 0.29) is 0 Å². The van der Waals surface area contributed by atoms with Crippen LogP contribution in [-0.4, -0.2) is 27.8 Å². The minimum atomic E-state index is 0.317. The molecule has 2 rings (SSSR count). The Bertz CT molecular complexity index is 492. The summed E-state index contributed by atoms with van der Waals surface area (Å²) in [5.74, 6) is 0. The van der Waals surface area contributed by atoms with E-state index in [2.05, 4.69) is 47.4 Å². The first-order valence-electron chi connectivity index (χ1n) is 6.67. The molecule has 1 unspecified atom stereocenters. The Balaban J connectivity index is 2.11. The number of rotatable bonds is 6. The maximum Gasteiger partial charge on any atom is 0.0537 e. The van der Waals surface area contributed by atoms with Gasteiger partial charge in [0.15, 0.2) is 0 Å². The molecule has 102 valence electrons. The fraction of sp³-hybridized carbons (Fsp3) is 0.400. The van der Waals surface area contributed by atoms with E-state index in [0.717, 1.165) is 13.1 Å². The molecule has 1 aromatic carbocycles. The van der Waals surface area contributed by atoms with Gasteiger partial charge in [-0.3, -0.25) is 9.58 Å². The molecule has 0 radical (unpaired) electrons. The fourth-order valence-electron chi connectivity index (χ4n) is 2.26. The average molecular weight is 258 g/mol. The third-order valence-electron chi connectivity index (χ3n) is 3.40. The van der Waals surface area contributed by atoms with Crippen LogP contribution in [0.4, 0.5) is 0 Å². The molecule has 0 aliphatic rings. The van der Waals surface area contributed by atoms with Crippen LogP contribution in [0.25, 0.3) is 0 Å². The standard InChI is InChI=1S/C15H22N4/c1-13(15-10-17-18(2)12-15)19(9-8-16)11-14-6-4-3-5-7-14/h3-7,10,12-13H,8-9,11,16H2,1-2H3. The van der Waals surface area contributed by atoms with Crippen molar-refractivity contribution in [2.75, 3.05) is 13.1 Å². The van der Waals surface area contributed by atoms with Crippen LogP contribution in [-0.2, 0) is 13.6 Å². The van der Waals surface area contributed by atoms with E-state index in [0.29, 0.717) is 12.6 Å². The summed E-state index contributed by atoms with van der Waals surface area (Å²) < 4.78 is 1.84. The lowest BCUT2D eigenvalue weighted by Gasteiger charge is -2.28. The largest absolute Gasteiger partial charge is 0.329 e. The van der Waals surface area contributed by atoms with Gasteiger partial charge in [0.05, 0.1) is 6.20 Å². The molecule has 1 atom stereocenters. The van der Waals surface area contributed by atoms with Crippen LogP contribution in [0.3, 0.4) is 0 Å². The Morgan fingerprint density at radius 3 is 2.63 bits per heavy atom. The summed E-state index contributed by atoms with van der Waals surface area (Å²) in [7, 11) is 1.95. The Morgan fingerprint density at radius 1 is 1.32 bits per heavy atom. The number of nitrogens with zero attached hydrogens (tertiary/aromatic N) is 3. The Hall–Kier alpha value is -1.65. The molecular formula is C15H22N4. The first-order chi connectivity index (χ1) is 9.20. The summed E-state index contributed by atoms with van der Waals surface area (Å²) in [6.07, 6.45) is 4.00. The van der Waals surface area contributed by atoms with Gasteiger partial charge in [0.1, 0.15) is 0 Å². The quantitative estimate of drug-likeness (QED) is 0.861. The molecule has 0 saturated heterocycles. The number of hydrogen-bond donors (Lipinski definition) is 1. The molecule has 1 aromatic heterocycles. The average Bonchev–Trinajstić information content (AvgIpc) is 2.85. The predicted molar refractivity (Wildman–Crippen MR) is 77.5 cm³/mol. The summed E-state index contributed by atoms with van der Waals surface area (Å²) >= 11 is 0. The van der Waals surface area contributed by atoms with Crippen molar-refractivity contribution in [3.63, 3.8) is 0 Å². The lowest BCUT2D eigenvalue weighted by atomic mass is 10.1. The summed E-state index contributed by atoms with van der Waals surface area (Å²) in [5.41, 5.74) is 8.28. The Labute approximate surface area is 114 Å². The number of aryl methyl sites for hydroxylation is 1. The highest BCUT2D eigenvalue weighted by Crippen LogP contribution is 2.21. The first-order valence-corrected chi connectivity index (χ1v) is 6.67. The van der Waals surface area contributed by atoms with Crippen molar-refractivity contribution in [3.8, 4) is 0 Å². The molecule has 0 fully saturated rings. The number of hydrogen-bond acceptors (Lipinski definition) is 3. The summed E-state index contributed by atoms with van der Waals surface area (Å²) in [5, 5.41) is 4.25. The third kappa shape index (κ3) is 3.66. The van der Waals surface area contributed by atoms with Crippen molar-refractivity contribution in [3.05, 3.63) is 53.9 Å². The van der Waals surface area contributed by atoms with Crippen LogP contribution in [0, 0.1) is 0 Å². The second-order valence-corrected chi connectivity index (χ2v) is 4.87.